The Hall–Kier alpha value is -1.81. The molecule has 1 atom stereocenters. The van der Waals surface area contributed by atoms with Crippen molar-refractivity contribution in [3.05, 3.63) is 65.7 Å². The maximum absolute atomic E-state index is 13.2. The number of methoxy groups -OCH3 is 2. The first-order valence-electron chi connectivity index (χ1n) is 9.69. The summed E-state index contributed by atoms with van der Waals surface area (Å²) in [7, 11) is -0.727. The Morgan fingerprint density at radius 2 is 1.53 bits per heavy atom. The van der Waals surface area contributed by atoms with Crippen LogP contribution in [0, 0.1) is 6.92 Å². The van der Waals surface area contributed by atoms with E-state index in [4.69, 9.17) is 18.9 Å². The summed E-state index contributed by atoms with van der Waals surface area (Å²) >= 11 is 0. The molecule has 7 nitrogen and oxygen atoms in total. The zero-order chi connectivity index (χ0) is 21.9. The lowest BCUT2D eigenvalue weighted by Gasteiger charge is -2.34. The minimum atomic E-state index is -3.79. The molecular weight excluding hydrogens is 406 g/mol. The van der Waals surface area contributed by atoms with E-state index in [0.717, 1.165) is 11.1 Å². The van der Waals surface area contributed by atoms with Gasteiger partial charge in [-0.2, -0.15) is 0 Å². The summed E-state index contributed by atoms with van der Waals surface area (Å²) in [6.45, 7) is 2.52. The van der Waals surface area contributed by atoms with Gasteiger partial charge >= 0.3 is 0 Å². The van der Waals surface area contributed by atoms with Gasteiger partial charge in [0.2, 0.25) is 10.0 Å². The highest BCUT2D eigenvalue weighted by molar-refractivity contribution is 7.89. The molecule has 1 N–H and O–H groups in total. The van der Waals surface area contributed by atoms with Crippen molar-refractivity contribution >= 4 is 10.0 Å². The van der Waals surface area contributed by atoms with E-state index < -0.39 is 15.6 Å². The van der Waals surface area contributed by atoms with Gasteiger partial charge in [-0.1, -0.05) is 48.0 Å². The van der Waals surface area contributed by atoms with Gasteiger partial charge in [0.05, 0.1) is 23.6 Å². The van der Waals surface area contributed by atoms with Crippen molar-refractivity contribution in [2.45, 2.75) is 30.2 Å². The summed E-state index contributed by atoms with van der Waals surface area (Å²) in [5.74, 6) is 0. The van der Waals surface area contributed by atoms with E-state index in [9.17, 15) is 8.42 Å². The van der Waals surface area contributed by atoms with Gasteiger partial charge in [-0.25, -0.2) is 13.1 Å². The van der Waals surface area contributed by atoms with Crippen LogP contribution in [0.2, 0.25) is 0 Å². The third kappa shape index (κ3) is 7.79. The van der Waals surface area contributed by atoms with Gasteiger partial charge in [0.15, 0.2) is 0 Å². The fourth-order valence-corrected chi connectivity index (χ4v) is 4.52. The largest absolute Gasteiger partial charge is 0.359 e. The van der Waals surface area contributed by atoms with Gasteiger partial charge in [-0.15, -0.1) is 0 Å². The van der Waals surface area contributed by atoms with Gasteiger partial charge in [0.25, 0.3) is 0 Å². The molecular formula is C22H31NO6S. The van der Waals surface area contributed by atoms with Crippen LogP contribution in [-0.2, 0) is 35.4 Å². The van der Waals surface area contributed by atoms with Gasteiger partial charge in [0.1, 0.15) is 13.6 Å². The van der Waals surface area contributed by atoms with Crippen LogP contribution in [0.1, 0.15) is 17.5 Å². The lowest BCUT2D eigenvalue weighted by molar-refractivity contribution is -0.0653. The monoisotopic (exact) mass is 437 g/mol. The van der Waals surface area contributed by atoms with Gasteiger partial charge in [0, 0.05) is 14.2 Å². The Kier molecular flexibility index (Phi) is 9.90. The molecule has 0 bridgehead atoms. The second kappa shape index (κ2) is 12.1. The number of hydrogen-bond acceptors (Lipinski definition) is 6. The number of benzene rings is 2. The molecule has 0 radical (unpaired) electrons. The predicted octanol–water partition coefficient (Wildman–Crippen LogP) is 2.89. The van der Waals surface area contributed by atoms with Crippen LogP contribution in [0.4, 0.5) is 0 Å². The molecule has 166 valence electrons. The van der Waals surface area contributed by atoms with Crippen molar-refractivity contribution in [2.75, 3.05) is 41.0 Å². The Bertz CT molecular complexity index is 842. The standard InChI is InChI=1S/C22H31NO6S/c1-19-9-11-21(12-10-19)30(24,25)23-22(16-29-18-27-3,13-14-28-17-26-2)15-20-7-5-4-6-8-20/h4-12,23H,13-18H2,1-3H3/t22-/m0/s1. The highest BCUT2D eigenvalue weighted by Gasteiger charge is 2.36. The maximum Gasteiger partial charge on any atom is 0.241 e. The Balaban J connectivity index is 2.34. The zero-order valence-electron chi connectivity index (χ0n) is 17.8. The van der Waals surface area contributed by atoms with E-state index in [1.807, 2.05) is 37.3 Å². The molecule has 0 aliphatic rings. The summed E-state index contributed by atoms with van der Waals surface area (Å²) in [6, 6.07) is 16.4. The van der Waals surface area contributed by atoms with Crippen molar-refractivity contribution in [2.24, 2.45) is 0 Å². The maximum atomic E-state index is 13.2. The first-order chi connectivity index (χ1) is 14.4. The number of sulfonamides is 1. The van der Waals surface area contributed by atoms with Crippen LogP contribution in [0.3, 0.4) is 0 Å². The summed E-state index contributed by atoms with van der Waals surface area (Å²) in [4.78, 5) is 0.204. The Labute approximate surface area is 179 Å². The van der Waals surface area contributed by atoms with E-state index in [0.29, 0.717) is 19.4 Å². The fourth-order valence-electron chi connectivity index (χ4n) is 3.11. The highest BCUT2D eigenvalue weighted by Crippen LogP contribution is 2.23. The molecule has 30 heavy (non-hydrogen) atoms. The normalized spacial score (nSPS) is 13.8. The average Bonchev–Trinajstić information content (AvgIpc) is 2.72. The minimum absolute atomic E-state index is 0.0573. The van der Waals surface area contributed by atoms with Crippen molar-refractivity contribution < 1.29 is 27.4 Å². The van der Waals surface area contributed by atoms with Gasteiger partial charge in [-0.05, 0) is 37.5 Å². The number of rotatable bonds is 14. The smallest absolute Gasteiger partial charge is 0.241 e. The third-order valence-corrected chi connectivity index (χ3v) is 6.17. The number of hydrogen-bond donors (Lipinski definition) is 1. The van der Waals surface area contributed by atoms with Crippen LogP contribution >= 0.6 is 0 Å². The summed E-state index contributed by atoms with van der Waals surface area (Å²) in [5.41, 5.74) is 1.04. The molecule has 0 saturated heterocycles. The summed E-state index contributed by atoms with van der Waals surface area (Å²) in [6.07, 6.45) is 0.818. The Morgan fingerprint density at radius 3 is 2.17 bits per heavy atom. The van der Waals surface area contributed by atoms with E-state index in [1.54, 1.807) is 31.4 Å². The molecule has 0 heterocycles. The first-order valence-corrected chi connectivity index (χ1v) is 11.2. The van der Waals surface area contributed by atoms with E-state index >= 15 is 0 Å². The fraction of sp³-hybridized carbons (Fsp3) is 0.455. The molecule has 2 rings (SSSR count). The van der Waals surface area contributed by atoms with Crippen molar-refractivity contribution in [1.82, 2.24) is 4.72 Å². The first kappa shape index (κ1) is 24.5. The number of ether oxygens (including phenoxy) is 4. The molecule has 0 fully saturated rings. The van der Waals surface area contributed by atoms with Crippen LogP contribution in [-0.4, -0.2) is 55.0 Å². The van der Waals surface area contributed by atoms with Crippen molar-refractivity contribution in [1.29, 1.82) is 0 Å². The molecule has 0 aliphatic heterocycles. The van der Waals surface area contributed by atoms with E-state index in [1.165, 1.54) is 7.11 Å². The molecule has 8 heteroatoms. The van der Waals surface area contributed by atoms with Gasteiger partial charge in [-0.3, -0.25) is 0 Å². The lowest BCUT2D eigenvalue weighted by Crippen LogP contribution is -2.54. The van der Waals surface area contributed by atoms with Crippen LogP contribution in [0.25, 0.3) is 0 Å². The number of aryl methyl sites for hydroxylation is 1. The second-order valence-corrected chi connectivity index (χ2v) is 8.86. The van der Waals surface area contributed by atoms with Crippen molar-refractivity contribution in [3.8, 4) is 0 Å². The highest BCUT2D eigenvalue weighted by atomic mass is 32.2. The zero-order valence-corrected chi connectivity index (χ0v) is 18.6. The van der Waals surface area contributed by atoms with E-state index in [2.05, 4.69) is 4.72 Å². The molecule has 0 aromatic heterocycles. The molecule has 0 spiro atoms. The lowest BCUT2D eigenvalue weighted by atomic mass is 9.89. The van der Waals surface area contributed by atoms with Crippen LogP contribution < -0.4 is 4.72 Å². The molecule has 0 amide bonds. The summed E-state index contributed by atoms with van der Waals surface area (Å²) in [5, 5.41) is 0. The molecule has 2 aromatic rings. The van der Waals surface area contributed by atoms with Gasteiger partial charge < -0.3 is 18.9 Å². The van der Waals surface area contributed by atoms with E-state index in [-0.39, 0.29) is 25.1 Å². The SMILES string of the molecule is COCOCC[C@@](COCOC)(Cc1ccccc1)NS(=O)(=O)c1ccc(C)cc1. The van der Waals surface area contributed by atoms with Crippen LogP contribution in [0.5, 0.6) is 0 Å². The molecule has 2 aromatic carbocycles. The molecule has 0 aliphatic carbocycles. The molecule has 0 saturated carbocycles. The topological polar surface area (TPSA) is 83.1 Å². The molecule has 0 unspecified atom stereocenters. The predicted molar refractivity (Wildman–Crippen MR) is 115 cm³/mol. The Morgan fingerprint density at radius 1 is 0.900 bits per heavy atom. The second-order valence-electron chi connectivity index (χ2n) is 7.18. The quantitative estimate of drug-likeness (QED) is 0.361. The van der Waals surface area contributed by atoms with Crippen LogP contribution in [0.15, 0.2) is 59.5 Å². The average molecular weight is 438 g/mol. The minimum Gasteiger partial charge on any atom is -0.359 e. The number of nitrogens with one attached hydrogen (secondary N) is 1. The van der Waals surface area contributed by atoms with Crippen molar-refractivity contribution in [3.63, 3.8) is 0 Å². The summed E-state index contributed by atoms with van der Waals surface area (Å²) < 4.78 is 50.4. The third-order valence-electron chi connectivity index (χ3n) is 4.57.